The van der Waals surface area contributed by atoms with Gasteiger partial charge in [-0.3, -0.25) is 4.90 Å². The number of halogens is 2. The molecule has 2 aromatic carbocycles. The number of primary sulfonamides is 1. The molecule has 26 heavy (non-hydrogen) atoms. The van der Waals surface area contributed by atoms with Gasteiger partial charge in [-0.1, -0.05) is 0 Å². The van der Waals surface area contributed by atoms with E-state index in [9.17, 15) is 17.2 Å². The Hall–Kier alpha value is -2.07. The maximum Gasteiger partial charge on any atom is 0.238 e. The van der Waals surface area contributed by atoms with Crippen molar-refractivity contribution in [3.63, 3.8) is 0 Å². The summed E-state index contributed by atoms with van der Waals surface area (Å²) in [7, 11) is -3.84. The van der Waals surface area contributed by atoms with E-state index in [2.05, 4.69) is 15.5 Å². The molecular weight excluding hydrogens is 362 g/mol. The van der Waals surface area contributed by atoms with Crippen LogP contribution in [0.25, 0.3) is 0 Å². The summed E-state index contributed by atoms with van der Waals surface area (Å²) in [6, 6.07) is 7.99. The number of rotatable bonds is 5. The maximum atomic E-state index is 13.4. The Bertz CT molecular complexity index is 900. The monoisotopic (exact) mass is 382 g/mol. The number of nitrogens with two attached hydrogens (primary N) is 1. The summed E-state index contributed by atoms with van der Waals surface area (Å²) in [5, 5.41) is 11.5. The zero-order valence-electron chi connectivity index (χ0n) is 14.0. The molecule has 0 saturated carbocycles. The Kier molecular flexibility index (Phi) is 5.52. The first-order chi connectivity index (χ1) is 12.3. The second kappa shape index (κ2) is 7.67. The predicted octanol–water partition coefficient (Wildman–Crippen LogP) is 1.76. The number of sulfonamides is 1. The molecular formula is C17H20F2N4O2S. The van der Waals surface area contributed by atoms with E-state index in [1.807, 2.05) is 0 Å². The molecule has 3 rings (SSSR count). The molecule has 1 aliphatic rings. The van der Waals surface area contributed by atoms with Crippen molar-refractivity contribution in [2.75, 3.05) is 31.5 Å². The number of nitrogens with zero attached hydrogens (tertiary/aromatic N) is 1. The van der Waals surface area contributed by atoms with Crippen molar-refractivity contribution in [3.8, 4) is 0 Å². The van der Waals surface area contributed by atoms with E-state index in [-0.39, 0.29) is 4.90 Å². The second-order valence-electron chi connectivity index (χ2n) is 6.14. The normalized spacial score (nSPS) is 15.8. The molecule has 0 atom stereocenters. The lowest BCUT2D eigenvalue weighted by Gasteiger charge is -2.28. The van der Waals surface area contributed by atoms with E-state index < -0.39 is 21.7 Å². The van der Waals surface area contributed by atoms with E-state index >= 15 is 0 Å². The van der Waals surface area contributed by atoms with Crippen LogP contribution in [-0.2, 0) is 16.6 Å². The molecule has 0 aliphatic carbocycles. The Balaban J connectivity index is 1.92. The Morgan fingerprint density at radius 1 is 1.08 bits per heavy atom. The van der Waals surface area contributed by atoms with Crippen LogP contribution in [0.4, 0.5) is 20.2 Å². The van der Waals surface area contributed by atoms with Crippen LogP contribution in [0.1, 0.15) is 5.56 Å². The van der Waals surface area contributed by atoms with Crippen LogP contribution in [0.15, 0.2) is 41.3 Å². The van der Waals surface area contributed by atoms with E-state index in [1.165, 1.54) is 18.2 Å². The Morgan fingerprint density at radius 3 is 2.46 bits per heavy atom. The largest absolute Gasteiger partial charge is 0.355 e. The summed E-state index contributed by atoms with van der Waals surface area (Å²) in [6.45, 7) is 3.85. The van der Waals surface area contributed by atoms with Gasteiger partial charge in [0.1, 0.15) is 0 Å². The van der Waals surface area contributed by atoms with Crippen molar-refractivity contribution >= 4 is 21.4 Å². The van der Waals surface area contributed by atoms with Gasteiger partial charge in [0.15, 0.2) is 11.6 Å². The van der Waals surface area contributed by atoms with E-state index in [1.54, 1.807) is 6.07 Å². The molecule has 140 valence electrons. The zero-order chi connectivity index (χ0) is 18.7. The van der Waals surface area contributed by atoms with Crippen LogP contribution in [0.2, 0.25) is 0 Å². The van der Waals surface area contributed by atoms with Crippen molar-refractivity contribution in [1.29, 1.82) is 0 Å². The van der Waals surface area contributed by atoms with Crippen molar-refractivity contribution in [3.05, 3.63) is 53.6 Å². The fourth-order valence-corrected chi connectivity index (χ4v) is 3.40. The lowest BCUT2D eigenvalue weighted by Crippen LogP contribution is -2.43. The smallest absolute Gasteiger partial charge is 0.238 e. The quantitative estimate of drug-likeness (QED) is 0.734. The predicted molar refractivity (Wildman–Crippen MR) is 95.6 cm³/mol. The van der Waals surface area contributed by atoms with Crippen LogP contribution < -0.4 is 15.8 Å². The lowest BCUT2D eigenvalue weighted by molar-refractivity contribution is 0.233. The van der Waals surface area contributed by atoms with Crippen LogP contribution in [0.5, 0.6) is 0 Å². The van der Waals surface area contributed by atoms with Gasteiger partial charge in [0, 0.05) is 50.2 Å². The summed E-state index contributed by atoms with van der Waals surface area (Å²) in [5.74, 6) is -1.89. The van der Waals surface area contributed by atoms with Gasteiger partial charge in [-0.05, 0) is 35.9 Å². The highest BCUT2D eigenvalue weighted by atomic mass is 32.2. The van der Waals surface area contributed by atoms with E-state index in [0.29, 0.717) is 23.5 Å². The van der Waals surface area contributed by atoms with Crippen molar-refractivity contribution in [2.24, 2.45) is 5.14 Å². The number of benzene rings is 2. The standard InChI is InChI=1S/C17H20F2N4O2S/c18-15-3-1-13(10-16(15)19)22-17-4-2-14(26(20,24)25)9-12(17)11-23-7-5-21-6-8-23/h1-4,9-10,21-22H,5-8,11H2,(H2,20,24,25). The highest BCUT2D eigenvalue weighted by Gasteiger charge is 2.16. The highest BCUT2D eigenvalue weighted by molar-refractivity contribution is 7.89. The molecule has 9 heteroatoms. The minimum absolute atomic E-state index is 0.0125. The van der Waals surface area contributed by atoms with Gasteiger partial charge in [-0.25, -0.2) is 22.3 Å². The molecule has 1 fully saturated rings. The molecule has 1 aliphatic heterocycles. The van der Waals surface area contributed by atoms with Gasteiger partial charge < -0.3 is 10.6 Å². The minimum Gasteiger partial charge on any atom is -0.355 e. The SMILES string of the molecule is NS(=O)(=O)c1ccc(Nc2ccc(F)c(F)c2)c(CN2CCNCC2)c1. The summed E-state index contributed by atoms with van der Waals surface area (Å²) in [4.78, 5) is 2.19. The lowest BCUT2D eigenvalue weighted by atomic mass is 10.1. The average molecular weight is 382 g/mol. The van der Waals surface area contributed by atoms with Gasteiger partial charge in [-0.15, -0.1) is 0 Å². The summed E-state index contributed by atoms with van der Waals surface area (Å²) < 4.78 is 49.9. The molecule has 1 saturated heterocycles. The molecule has 0 bridgehead atoms. The number of anilines is 2. The third-order valence-electron chi connectivity index (χ3n) is 4.21. The first-order valence-electron chi connectivity index (χ1n) is 8.14. The Labute approximate surface area is 151 Å². The first kappa shape index (κ1) is 18.7. The molecule has 2 aromatic rings. The maximum absolute atomic E-state index is 13.4. The molecule has 6 nitrogen and oxygen atoms in total. The van der Waals surface area contributed by atoms with Crippen LogP contribution >= 0.6 is 0 Å². The topological polar surface area (TPSA) is 87.5 Å². The molecule has 0 aromatic heterocycles. The van der Waals surface area contributed by atoms with E-state index in [0.717, 1.165) is 38.3 Å². The number of hydrogen-bond acceptors (Lipinski definition) is 5. The number of hydrogen-bond donors (Lipinski definition) is 3. The zero-order valence-corrected chi connectivity index (χ0v) is 14.8. The molecule has 0 unspecified atom stereocenters. The summed E-state index contributed by atoms with van der Waals surface area (Å²) in [6.07, 6.45) is 0. The van der Waals surface area contributed by atoms with Crippen molar-refractivity contribution < 1.29 is 17.2 Å². The fourth-order valence-electron chi connectivity index (χ4n) is 2.84. The van der Waals surface area contributed by atoms with Gasteiger partial charge in [0.2, 0.25) is 10.0 Å². The second-order valence-corrected chi connectivity index (χ2v) is 7.71. The number of piperazine rings is 1. The third-order valence-corrected chi connectivity index (χ3v) is 5.12. The first-order valence-corrected chi connectivity index (χ1v) is 9.68. The van der Waals surface area contributed by atoms with Gasteiger partial charge in [0.25, 0.3) is 0 Å². The third kappa shape index (κ3) is 4.55. The molecule has 1 heterocycles. The highest BCUT2D eigenvalue weighted by Crippen LogP contribution is 2.26. The van der Waals surface area contributed by atoms with Crippen LogP contribution in [0, 0.1) is 11.6 Å². The van der Waals surface area contributed by atoms with E-state index in [4.69, 9.17) is 5.14 Å². The van der Waals surface area contributed by atoms with Gasteiger partial charge >= 0.3 is 0 Å². The Morgan fingerprint density at radius 2 is 1.81 bits per heavy atom. The summed E-state index contributed by atoms with van der Waals surface area (Å²) in [5.41, 5.74) is 1.69. The minimum atomic E-state index is -3.84. The van der Waals surface area contributed by atoms with Crippen molar-refractivity contribution in [2.45, 2.75) is 11.4 Å². The van der Waals surface area contributed by atoms with Crippen molar-refractivity contribution in [1.82, 2.24) is 10.2 Å². The van der Waals surface area contributed by atoms with Crippen LogP contribution in [0.3, 0.4) is 0 Å². The average Bonchev–Trinajstić information content (AvgIpc) is 2.59. The molecule has 0 amide bonds. The van der Waals surface area contributed by atoms with Gasteiger partial charge in [0.05, 0.1) is 4.90 Å². The molecule has 4 N–H and O–H groups in total. The van der Waals surface area contributed by atoms with Gasteiger partial charge in [-0.2, -0.15) is 0 Å². The summed E-state index contributed by atoms with van der Waals surface area (Å²) >= 11 is 0. The molecule has 0 spiro atoms. The number of nitrogens with one attached hydrogen (secondary N) is 2. The fraction of sp³-hybridized carbons (Fsp3) is 0.294. The molecule has 0 radical (unpaired) electrons. The van der Waals surface area contributed by atoms with Crippen LogP contribution in [-0.4, -0.2) is 39.5 Å².